The van der Waals surface area contributed by atoms with Gasteiger partial charge in [0.15, 0.2) is 0 Å². The highest BCUT2D eigenvalue weighted by atomic mass is 16.5. The first-order valence-corrected chi connectivity index (χ1v) is 11.4. The summed E-state index contributed by atoms with van der Waals surface area (Å²) in [5, 5.41) is 0.924. The minimum Gasteiger partial charge on any atom is -0.477 e. The summed E-state index contributed by atoms with van der Waals surface area (Å²) in [6, 6.07) is 6.10. The van der Waals surface area contributed by atoms with Crippen LogP contribution in [0.1, 0.15) is 28.5 Å². The summed E-state index contributed by atoms with van der Waals surface area (Å²) in [6.07, 6.45) is 3.62. The van der Waals surface area contributed by atoms with Gasteiger partial charge in [-0.2, -0.15) is 0 Å². The molecule has 8 heteroatoms. The molecule has 0 saturated carbocycles. The van der Waals surface area contributed by atoms with E-state index in [1.165, 1.54) is 0 Å². The quantitative estimate of drug-likeness (QED) is 0.554. The fourth-order valence-corrected chi connectivity index (χ4v) is 4.83. The maximum absolute atomic E-state index is 13.3. The second-order valence-electron chi connectivity index (χ2n) is 8.64. The predicted molar refractivity (Wildman–Crippen MR) is 125 cm³/mol. The Morgan fingerprint density at radius 2 is 2.06 bits per heavy atom. The summed E-state index contributed by atoms with van der Waals surface area (Å²) in [6.45, 7) is 7.12. The van der Waals surface area contributed by atoms with Crippen LogP contribution in [0.15, 0.2) is 30.6 Å². The number of aromatic nitrogens is 2. The van der Waals surface area contributed by atoms with Crippen LogP contribution in [0.25, 0.3) is 22.0 Å². The van der Waals surface area contributed by atoms with Crippen molar-refractivity contribution < 1.29 is 19.0 Å². The number of esters is 1. The van der Waals surface area contributed by atoms with Crippen molar-refractivity contribution >= 4 is 16.9 Å². The van der Waals surface area contributed by atoms with Gasteiger partial charge in [-0.05, 0) is 26.1 Å². The first kappa shape index (κ1) is 21.9. The molecule has 0 atom stereocenters. The standard InChI is InChI=1S/C25H30N4O4/c1-4-32-25(30)23-21(15-29-8-10-31-11-9-29)28(3)20-12-18(17-6-5-7-26-13-17)24-19(22(20)23)14-27(2)16-33-24/h5-7,12-13H,4,8-11,14-16H2,1-3H3. The number of ether oxygens (including phenoxy) is 3. The van der Waals surface area contributed by atoms with Crippen molar-refractivity contribution in [3.8, 4) is 16.9 Å². The van der Waals surface area contributed by atoms with E-state index in [0.29, 0.717) is 45.2 Å². The fourth-order valence-electron chi connectivity index (χ4n) is 4.83. The van der Waals surface area contributed by atoms with E-state index in [2.05, 4.69) is 25.4 Å². The van der Waals surface area contributed by atoms with Crippen molar-refractivity contribution in [1.82, 2.24) is 19.4 Å². The highest BCUT2D eigenvalue weighted by Gasteiger charge is 2.31. The average molecular weight is 451 g/mol. The summed E-state index contributed by atoms with van der Waals surface area (Å²) in [4.78, 5) is 22.1. The summed E-state index contributed by atoms with van der Waals surface area (Å²) in [5.74, 6) is 0.540. The Labute approximate surface area is 193 Å². The van der Waals surface area contributed by atoms with Gasteiger partial charge in [0.2, 0.25) is 0 Å². The molecule has 0 aliphatic carbocycles. The average Bonchev–Trinajstić information content (AvgIpc) is 3.11. The van der Waals surface area contributed by atoms with Crippen molar-refractivity contribution in [2.45, 2.75) is 20.0 Å². The number of carbonyl (C=O) groups excluding carboxylic acids is 1. The minimum absolute atomic E-state index is 0.282. The molecule has 0 radical (unpaired) electrons. The van der Waals surface area contributed by atoms with Gasteiger partial charge in [0.1, 0.15) is 12.5 Å². The lowest BCUT2D eigenvalue weighted by Gasteiger charge is -2.28. The molecule has 0 amide bonds. The van der Waals surface area contributed by atoms with Crippen molar-refractivity contribution in [2.75, 3.05) is 46.7 Å². The van der Waals surface area contributed by atoms with E-state index in [1.807, 2.05) is 39.3 Å². The van der Waals surface area contributed by atoms with E-state index in [9.17, 15) is 4.79 Å². The number of fused-ring (bicyclic) bond motifs is 3. The number of hydrogen-bond acceptors (Lipinski definition) is 7. The molecule has 4 heterocycles. The molecule has 5 rings (SSSR count). The lowest BCUT2D eigenvalue weighted by atomic mass is 9.96. The van der Waals surface area contributed by atoms with E-state index in [1.54, 1.807) is 6.20 Å². The van der Waals surface area contributed by atoms with Crippen molar-refractivity contribution in [1.29, 1.82) is 0 Å². The summed E-state index contributed by atoms with van der Waals surface area (Å²) in [5.41, 5.74) is 5.61. The van der Waals surface area contributed by atoms with Crippen molar-refractivity contribution in [3.63, 3.8) is 0 Å². The van der Waals surface area contributed by atoms with Gasteiger partial charge in [0, 0.05) is 73.4 Å². The molecule has 3 aromatic rings. The van der Waals surface area contributed by atoms with Crippen LogP contribution >= 0.6 is 0 Å². The maximum atomic E-state index is 13.3. The van der Waals surface area contributed by atoms with Gasteiger partial charge in [0.25, 0.3) is 0 Å². The second kappa shape index (κ2) is 9.13. The van der Waals surface area contributed by atoms with Crippen LogP contribution in [-0.4, -0.2) is 72.0 Å². The third-order valence-corrected chi connectivity index (χ3v) is 6.45. The zero-order chi connectivity index (χ0) is 22.9. The number of aryl methyl sites for hydroxylation is 1. The molecule has 0 N–H and O–H groups in total. The monoisotopic (exact) mass is 450 g/mol. The summed E-state index contributed by atoms with van der Waals surface area (Å²) < 4.78 is 19.5. The number of nitrogens with zero attached hydrogens (tertiary/aromatic N) is 4. The normalized spacial score (nSPS) is 17.1. The van der Waals surface area contributed by atoms with Gasteiger partial charge in [-0.3, -0.25) is 14.8 Å². The molecule has 0 bridgehead atoms. The number of morpholine rings is 1. The van der Waals surface area contributed by atoms with Gasteiger partial charge in [-0.25, -0.2) is 4.79 Å². The third-order valence-electron chi connectivity index (χ3n) is 6.45. The van der Waals surface area contributed by atoms with Crippen LogP contribution in [0.5, 0.6) is 5.75 Å². The molecule has 174 valence electrons. The van der Waals surface area contributed by atoms with Gasteiger partial charge < -0.3 is 18.8 Å². The number of rotatable bonds is 5. The Bertz CT molecular complexity index is 1170. The molecule has 2 aliphatic rings. The molecule has 2 aliphatic heterocycles. The first-order chi connectivity index (χ1) is 16.1. The van der Waals surface area contributed by atoms with Crippen molar-refractivity contribution in [3.05, 3.63) is 47.4 Å². The highest BCUT2D eigenvalue weighted by Crippen LogP contribution is 2.44. The molecule has 1 aromatic carbocycles. The lowest BCUT2D eigenvalue weighted by molar-refractivity contribution is 0.0328. The Balaban J connectivity index is 1.77. The number of benzene rings is 1. The topological polar surface area (TPSA) is 69.1 Å². The van der Waals surface area contributed by atoms with Gasteiger partial charge >= 0.3 is 5.97 Å². The molecule has 33 heavy (non-hydrogen) atoms. The number of carbonyl (C=O) groups is 1. The molecule has 1 fully saturated rings. The molecule has 1 saturated heterocycles. The molecule has 0 spiro atoms. The maximum Gasteiger partial charge on any atom is 0.340 e. The van der Waals surface area contributed by atoms with E-state index in [0.717, 1.165) is 52.1 Å². The molecular formula is C25H30N4O4. The van der Waals surface area contributed by atoms with Crippen LogP contribution in [0.2, 0.25) is 0 Å². The van der Waals surface area contributed by atoms with E-state index in [4.69, 9.17) is 14.2 Å². The Kier molecular flexibility index (Phi) is 6.05. The van der Waals surface area contributed by atoms with E-state index in [-0.39, 0.29) is 5.97 Å². The van der Waals surface area contributed by atoms with Crippen molar-refractivity contribution in [2.24, 2.45) is 7.05 Å². The SMILES string of the molecule is CCOC(=O)c1c(CN2CCOCC2)n(C)c2cc(-c3cccnc3)c3c(c12)CN(C)CO3. The molecule has 0 unspecified atom stereocenters. The highest BCUT2D eigenvalue weighted by molar-refractivity contribution is 6.09. The van der Waals surface area contributed by atoms with Crippen LogP contribution in [0.4, 0.5) is 0 Å². The zero-order valence-electron chi connectivity index (χ0n) is 19.5. The molecule has 2 aromatic heterocycles. The number of hydrogen-bond donors (Lipinski definition) is 0. The largest absolute Gasteiger partial charge is 0.477 e. The zero-order valence-corrected chi connectivity index (χ0v) is 19.5. The van der Waals surface area contributed by atoms with Crippen LogP contribution in [0.3, 0.4) is 0 Å². The van der Waals surface area contributed by atoms with Crippen LogP contribution in [-0.2, 0) is 29.6 Å². The van der Waals surface area contributed by atoms with Crippen LogP contribution < -0.4 is 4.74 Å². The van der Waals surface area contributed by atoms with Gasteiger partial charge in [-0.15, -0.1) is 0 Å². The molecule has 8 nitrogen and oxygen atoms in total. The molecular weight excluding hydrogens is 420 g/mol. The number of pyridine rings is 1. The Hall–Kier alpha value is -2.94. The first-order valence-electron chi connectivity index (χ1n) is 11.4. The minimum atomic E-state index is -0.282. The van der Waals surface area contributed by atoms with Gasteiger partial charge in [0.05, 0.1) is 30.9 Å². The second-order valence-corrected chi connectivity index (χ2v) is 8.64. The predicted octanol–water partition coefficient (Wildman–Crippen LogP) is 3.03. The summed E-state index contributed by atoms with van der Waals surface area (Å²) in [7, 11) is 4.06. The summed E-state index contributed by atoms with van der Waals surface area (Å²) >= 11 is 0. The third kappa shape index (κ3) is 3.99. The van der Waals surface area contributed by atoms with Gasteiger partial charge in [-0.1, -0.05) is 6.07 Å². The van der Waals surface area contributed by atoms with E-state index >= 15 is 0 Å². The lowest BCUT2D eigenvalue weighted by Crippen LogP contribution is -2.36. The Morgan fingerprint density at radius 1 is 1.24 bits per heavy atom. The van der Waals surface area contributed by atoms with E-state index < -0.39 is 0 Å². The fraction of sp³-hybridized carbons (Fsp3) is 0.440. The van der Waals surface area contributed by atoms with Crippen LogP contribution in [0, 0.1) is 0 Å². The Morgan fingerprint density at radius 3 is 2.79 bits per heavy atom. The smallest absolute Gasteiger partial charge is 0.340 e.